The monoisotopic (exact) mass is 399 g/mol. The summed E-state index contributed by atoms with van der Waals surface area (Å²) >= 11 is 0. The van der Waals surface area contributed by atoms with Gasteiger partial charge in [-0.25, -0.2) is 13.1 Å². The van der Waals surface area contributed by atoms with Crippen molar-refractivity contribution >= 4 is 21.7 Å². The lowest BCUT2D eigenvalue weighted by atomic mass is 9.97. The van der Waals surface area contributed by atoms with Crippen molar-refractivity contribution in [1.29, 1.82) is 5.26 Å². The smallest absolute Gasteiger partial charge is 0.271 e. The number of nitrogens with one attached hydrogen (secondary N) is 1. The van der Waals surface area contributed by atoms with Gasteiger partial charge in [-0.1, -0.05) is 13.0 Å². The third kappa shape index (κ3) is 3.73. The zero-order valence-corrected chi connectivity index (χ0v) is 16.0. The maximum absolute atomic E-state index is 12.3. The zero-order valence-electron chi connectivity index (χ0n) is 15.2. The maximum atomic E-state index is 12.3. The molecule has 0 fully saturated rings. The van der Waals surface area contributed by atoms with E-state index in [4.69, 9.17) is 10.00 Å². The minimum atomic E-state index is -4.19. The van der Waals surface area contributed by atoms with Gasteiger partial charge in [0, 0.05) is 18.8 Å². The number of ketones is 1. The van der Waals surface area contributed by atoms with Gasteiger partial charge < -0.3 is 4.74 Å². The molecule has 3 rings (SSSR count). The highest BCUT2D eigenvalue weighted by atomic mass is 32.2. The number of hydrogen-bond donors (Lipinski definition) is 1. The molecular weight excluding hydrogens is 382 g/mol. The summed E-state index contributed by atoms with van der Waals surface area (Å²) in [5, 5.41) is 8.84. The third-order valence-corrected chi connectivity index (χ3v) is 5.79. The van der Waals surface area contributed by atoms with Gasteiger partial charge in [0.25, 0.3) is 15.9 Å². The van der Waals surface area contributed by atoms with Gasteiger partial charge in [-0.3, -0.25) is 14.6 Å². The normalized spacial score (nSPS) is 15.6. The van der Waals surface area contributed by atoms with Crippen LogP contribution < -0.4 is 9.46 Å². The highest BCUT2D eigenvalue weighted by Crippen LogP contribution is 2.40. The van der Waals surface area contributed by atoms with Crippen molar-refractivity contribution in [3.05, 3.63) is 52.8 Å². The number of pyridine rings is 1. The first-order valence-electron chi connectivity index (χ1n) is 8.43. The average Bonchev–Trinajstić information content (AvgIpc) is 2.96. The number of amides is 1. The second-order valence-electron chi connectivity index (χ2n) is 6.54. The molecule has 1 atom stereocenters. The molecule has 9 heteroatoms. The molecule has 1 aliphatic carbocycles. The standard InChI is InChI=1S/C19H17N3O5S/c1-11-3-4-16(19-15(23)5-12(2)18(11)19)27-10-17(24)22-28(25,26)14-6-13(7-20)8-21-9-14/h3-4,6,8-9,12H,5,10H2,1-2H3,(H,22,24). The van der Waals surface area contributed by atoms with Crippen molar-refractivity contribution in [2.24, 2.45) is 0 Å². The van der Waals surface area contributed by atoms with Crippen molar-refractivity contribution < 1.29 is 22.7 Å². The number of rotatable bonds is 5. The highest BCUT2D eigenvalue weighted by molar-refractivity contribution is 7.90. The molecule has 8 nitrogen and oxygen atoms in total. The fourth-order valence-electron chi connectivity index (χ4n) is 3.24. The minimum absolute atomic E-state index is 0.0504. The number of aryl methyl sites for hydroxylation is 1. The molecule has 28 heavy (non-hydrogen) atoms. The number of benzene rings is 1. The van der Waals surface area contributed by atoms with Crippen LogP contribution in [0.3, 0.4) is 0 Å². The summed E-state index contributed by atoms with van der Waals surface area (Å²) in [6.07, 6.45) is 2.61. The number of nitrogens with zero attached hydrogens (tertiary/aromatic N) is 2. The summed E-state index contributed by atoms with van der Waals surface area (Å²) in [5.74, 6) is -0.639. The van der Waals surface area contributed by atoms with E-state index in [1.54, 1.807) is 18.2 Å². The van der Waals surface area contributed by atoms with Crippen LogP contribution in [0.15, 0.2) is 35.5 Å². The quantitative estimate of drug-likeness (QED) is 0.813. The molecule has 144 valence electrons. The number of hydrogen-bond acceptors (Lipinski definition) is 7. The topological polar surface area (TPSA) is 126 Å². The number of Topliss-reactive ketones (excluding diaryl/α,β-unsaturated/α-hetero) is 1. The molecule has 1 aliphatic rings. The summed E-state index contributed by atoms with van der Waals surface area (Å²) < 4.78 is 31.8. The van der Waals surface area contributed by atoms with Gasteiger partial charge in [0.2, 0.25) is 0 Å². The predicted octanol–water partition coefficient (Wildman–Crippen LogP) is 1.84. The van der Waals surface area contributed by atoms with Gasteiger partial charge in [0.05, 0.1) is 11.1 Å². The number of carbonyl (C=O) groups excluding carboxylic acids is 2. The summed E-state index contributed by atoms with van der Waals surface area (Å²) in [5.41, 5.74) is 2.37. The maximum Gasteiger partial charge on any atom is 0.271 e. The van der Waals surface area contributed by atoms with Crippen molar-refractivity contribution in [2.75, 3.05) is 6.61 Å². The Labute approximate surface area is 162 Å². The summed E-state index contributed by atoms with van der Waals surface area (Å²) in [6, 6.07) is 6.29. The second-order valence-corrected chi connectivity index (χ2v) is 8.22. The molecule has 0 spiro atoms. The molecule has 2 aromatic rings. The molecule has 1 heterocycles. The summed E-state index contributed by atoms with van der Waals surface area (Å²) in [6.45, 7) is 3.27. The van der Waals surface area contributed by atoms with E-state index in [1.807, 2.05) is 18.6 Å². The Morgan fingerprint density at radius 3 is 2.86 bits per heavy atom. The Hall–Kier alpha value is -3.25. The van der Waals surface area contributed by atoms with Crippen LogP contribution in [0.25, 0.3) is 0 Å². The number of fused-ring (bicyclic) bond motifs is 1. The van der Waals surface area contributed by atoms with Crippen LogP contribution in [0.2, 0.25) is 0 Å². The average molecular weight is 399 g/mol. The SMILES string of the molecule is Cc1ccc(OCC(=O)NS(=O)(=O)c2cncc(C#N)c2)c2c1C(C)CC2=O. The van der Waals surface area contributed by atoms with E-state index >= 15 is 0 Å². The number of aromatic nitrogens is 1. The van der Waals surface area contributed by atoms with Crippen molar-refractivity contribution in [3.8, 4) is 11.8 Å². The molecule has 1 N–H and O–H groups in total. The molecular formula is C19H17N3O5S. The van der Waals surface area contributed by atoms with E-state index in [1.165, 1.54) is 6.20 Å². The van der Waals surface area contributed by atoms with Crippen molar-refractivity contribution in [3.63, 3.8) is 0 Å². The molecule has 0 saturated heterocycles. The second kappa shape index (κ2) is 7.40. The Morgan fingerprint density at radius 2 is 2.14 bits per heavy atom. The van der Waals surface area contributed by atoms with Crippen LogP contribution >= 0.6 is 0 Å². The first kappa shape index (κ1) is 19.5. The molecule has 0 saturated carbocycles. The van der Waals surface area contributed by atoms with Crippen molar-refractivity contribution in [1.82, 2.24) is 9.71 Å². The lowest BCUT2D eigenvalue weighted by molar-refractivity contribution is -0.121. The first-order chi connectivity index (χ1) is 13.2. The van der Waals surface area contributed by atoms with E-state index in [0.717, 1.165) is 23.4 Å². The van der Waals surface area contributed by atoms with Crippen LogP contribution in [0, 0.1) is 18.3 Å². The molecule has 1 amide bonds. The first-order valence-corrected chi connectivity index (χ1v) is 9.91. The van der Waals surface area contributed by atoms with Gasteiger partial charge in [0.1, 0.15) is 16.7 Å². The number of ether oxygens (including phenoxy) is 1. The van der Waals surface area contributed by atoms with Gasteiger partial charge in [-0.2, -0.15) is 5.26 Å². The van der Waals surface area contributed by atoms with E-state index in [-0.39, 0.29) is 27.9 Å². The Bertz CT molecular complexity index is 1120. The summed E-state index contributed by atoms with van der Waals surface area (Å²) in [7, 11) is -4.19. The molecule has 1 aromatic carbocycles. The number of nitriles is 1. The largest absolute Gasteiger partial charge is 0.483 e. The predicted molar refractivity (Wildman–Crippen MR) is 98.3 cm³/mol. The summed E-state index contributed by atoms with van der Waals surface area (Å²) in [4.78, 5) is 27.7. The third-order valence-electron chi connectivity index (χ3n) is 4.45. The molecule has 0 radical (unpaired) electrons. The zero-order chi connectivity index (χ0) is 20.5. The fraction of sp³-hybridized carbons (Fsp3) is 0.263. The molecule has 0 bridgehead atoms. The fourth-order valence-corrected chi connectivity index (χ4v) is 4.20. The van der Waals surface area contributed by atoms with E-state index in [9.17, 15) is 18.0 Å². The minimum Gasteiger partial charge on any atom is -0.483 e. The molecule has 1 unspecified atom stereocenters. The highest BCUT2D eigenvalue weighted by Gasteiger charge is 2.31. The van der Waals surface area contributed by atoms with E-state index in [2.05, 4.69) is 4.98 Å². The lowest BCUT2D eigenvalue weighted by Gasteiger charge is -2.13. The van der Waals surface area contributed by atoms with Crippen LogP contribution in [0.4, 0.5) is 0 Å². The van der Waals surface area contributed by atoms with Gasteiger partial charge in [-0.15, -0.1) is 0 Å². The van der Waals surface area contributed by atoms with Gasteiger partial charge in [0.15, 0.2) is 12.4 Å². The number of sulfonamides is 1. The van der Waals surface area contributed by atoms with Crippen LogP contribution in [0.5, 0.6) is 5.75 Å². The lowest BCUT2D eigenvalue weighted by Crippen LogP contribution is -2.34. The van der Waals surface area contributed by atoms with E-state index in [0.29, 0.717) is 12.0 Å². The van der Waals surface area contributed by atoms with Gasteiger partial charge in [-0.05, 0) is 36.1 Å². The van der Waals surface area contributed by atoms with E-state index < -0.39 is 22.5 Å². The Kier molecular flexibility index (Phi) is 5.16. The van der Waals surface area contributed by atoms with Crippen molar-refractivity contribution in [2.45, 2.75) is 31.1 Å². The molecule has 0 aliphatic heterocycles. The number of carbonyl (C=O) groups is 2. The van der Waals surface area contributed by atoms with Gasteiger partial charge >= 0.3 is 0 Å². The van der Waals surface area contributed by atoms with Crippen LogP contribution in [-0.4, -0.2) is 31.7 Å². The van der Waals surface area contributed by atoms with Crippen LogP contribution in [-0.2, 0) is 14.8 Å². The Morgan fingerprint density at radius 1 is 1.39 bits per heavy atom. The van der Waals surface area contributed by atoms with Crippen LogP contribution in [0.1, 0.15) is 46.3 Å². The molecule has 1 aromatic heterocycles. The Balaban J connectivity index is 1.74.